The van der Waals surface area contributed by atoms with Crippen molar-refractivity contribution in [3.05, 3.63) is 34.9 Å². The van der Waals surface area contributed by atoms with Crippen molar-refractivity contribution in [1.82, 2.24) is 5.32 Å². The van der Waals surface area contributed by atoms with Crippen molar-refractivity contribution < 1.29 is 28.2 Å². The summed E-state index contributed by atoms with van der Waals surface area (Å²) in [5.74, 6) is -4.01. The number of benzene rings is 1. The maximum atomic E-state index is 13.6. The van der Waals surface area contributed by atoms with Gasteiger partial charge in [-0.25, -0.2) is 13.6 Å². The highest BCUT2D eigenvalue weighted by atomic mass is 19.1. The number of aliphatic hydroxyl groups is 1. The number of ether oxygens (including phenoxy) is 1. The van der Waals surface area contributed by atoms with Gasteiger partial charge in [-0.15, -0.1) is 0 Å². The van der Waals surface area contributed by atoms with Crippen LogP contribution in [0.4, 0.5) is 8.78 Å². The highest BCUT2D eigenvalue weighted by molar-refractivity contribution is 5.95. The molecule has 1 amide bonds. The summed E-state index contributed by atoms with van der Waals surface area (Å²) in [7, 11) is 1.06. The predicted molar refractivity (Wildman–Crippen MR) is 61.5 cm³/mol. The Bertz CT molecular complexity index is 505. The Hall–Kier alpha value is -2.02. The normalized spacial score (nSPS) is 11.8. The molecule has 1 rings (SSSR count). The molecule has 0 heterocycles. The molecule has 2 N–H and O–H groups in total. The van der Waals surface area contributed by atoms with Crippen LogP contribution in [0.25, 0.3) is 0 Å². The van der Waals surface area contributed by atoms with Gasteiger partial charge in [-0.05, 0) is 18.6 Å². The molecule has 0 aliphatic carbocycles. The molecule has 0 aliphatic rings. The van der Waals surface area contributed by atoms with E-state index in [0.717, 1.165) is 13.2 Å². The maximum absolute atomic E-state index is 13.6. The van der Waals surface area contributed by atoms with Gasteiger partial charge in [-0.2, -0.15) is 0 Å². The lowest BCUT2D eigenvalue weighted by Gasteiger charge is -2.11. The van der Waals surface area contributed by atoms with Gasteiger partial charge in [0, 0.05) is 0 Å². The Balaban J connectivity index is 2.80. The van der Waals surface area contributed by atoms with E-state index >= 15 is 0 Å². The molecule has 1 aromatic rings. The molecule has 0 bridgehead atoms. The Kier molecular flexibility index (Phi) is 4.94. The molecule has 0 aromatic heterocycles. The first kappa shape index (κ1) is 15.0. The molecule has 0 fully saturated rings. The van der Waals surface area contributed by atoms with Crippen molar-refractivity contribution in [1.29, 1.82) is 0 Å². The van der Waals surface area contributed by atoms with Crippen LogP contribution in [0, 0.1) is 18.6 Å². The Morgan fingerprint density at radius 2 is 2.05 bits per heavy atom. The van der Waals surface area contributed by atoms with Gasteiger partial charge in [0.25, 0.3) is 5.91 Å². The van der Waals surface area contributed by atoms with Gasteiger partial charge in [0.15, 0.2) is 6.10 Å². The van der Waals surface area contributed by atoms with Gasteiger partial charge in [0.1, 0.15) is 17.2 Å². The second-order valence-electron chi connectivity index (χ2n) is 3.80. The molecule has 0 aliphatic heterocycles. The number of hydrogen-bond donors (Lipinski definition) is 2. The number of aryl methyl sites for hydroxylation is 1. The van der Waals surface area contributed by atoms with Crippen LogP contribution in [0.5, 0.6) is 0 Å². The van der Waals surface area contributed by atoms with E-state index in [2.05, 4.69) is 10.1 Å². The van der Waals surface area contributed by atoms with Gasteiger partial charge in [-0.3, -0.25) is 4.79 Å². The number of methoxy groups -OCH3 is 1. The Morgan fingerprint density at radius 3 is 2.63 bits per heavy atom. The lowest BCUT2D eigenvalue weighted by Crippen LogP contribution is -2.37. The topological polar surface area (TPSA) is 75.6 Å². The molecule has 1 atom stereocenters. The van der Waals surface area contributed by atoms with E-state index in [1.165, 1.54) is 13.0 Å². The lowest BCUT2D eigenvalue weighted by atomic mass is 10.1. The number of nitrogens with one attached hydrogen (secondary N) is 1. The standard InChI is InChI=1S/C12H13F2NO4/c1-6-3-4-7(13)9(10(6)14)11(17)15-5-8(16)12(18)19-2/h3-4,8,16H,5H2,1-2H3,(H,15,17). The van der Waals surface area contributed by atoms with Crippen LogP contribution in [-0.4, -0.2) is 36.7 Å². The van der Waals surface area contributed by atoms with Crippen molar-refractivity contribution in [2.24, 2.45) is 0 Å². The average Bonchev–Trinajstić information content (AvgIpc) is 2.39. The molecular weight excluding hydrogens is 260 g/mol. The van der Waals surface area contributed by atoms with Crippen molar-refractivity contribution in [3.8, 4) is 0 Å². The third kappa shape index (κ3) is 3.47. The predicted octanol–water partition coefficient (Wildman–Crippen LogP) is 0.537. The Labute approximate surface area is 108 Å². The molecule has 0 saturated carbocycles. The molecule has 0 saturated heterocycles. The van der Waals surface area contributed by atoms with Crippen molar-refractivity contribution in [3.63, 3.8) is 0 Å². The van der Waals surface area contributed by atoms with Crippen molar-refractivity contribution in [2.75, 3.05) is 13.7 Å². The summed E-state index contributed by atoms with van der Waals surface area (Å²) in [6.07, 6.45) is -1.59. The molecule has 19 heavy (non-hydrogen) atoms. The van der Waals surface area contributed by atoms with Crippen molar-refractivity contribution >= 4 is 11.9 Å². The highest BCUT2D eigenvalue weighted by Gasteiger charge is 2.21. The second kappa shape index (κ2) is 6.24. The number of halogens is 2. The fourth-order valence-corrected chi connectivity index (χ4v) is 1.36. The SMILES string of the molecule is COC(=O)C(O)CNC(=O)c1c(F)ccc(C)c1F. The second-order valence-corrected chi connectivity index (χ2v) is 3.80. The van der Waals surface area contributed by atoms with Crippen LogP contribution in [0.3, 0.4) is 0 Å². The summed E-state index contributed by atoms with van der Waals surface area (Å²) >= 11 is 0. The van der Waals surface area contributed by atoms with Gasteiger partial charge in [0.05, 0.1) is 13.7 Å². The van der Waals surface area contributed by atoms with E-state index in [-0.39, 0.29) is 5.56 Å². The van der Waals surface area contributed by atoms with Gasteiger partial charge >= 0.3 is 5.97 Å². The lowest BCUT2D eigenvalue weighted by molar-refractivity contribution is -0.149. The first-order chi connectivity index (χ1) is 8.88. The summed E-state index contributed by atoms with van der Waals surface area (Å²) < 4.78 is 31.2. The molecular formula is C12H13F2NO4. The highest BCUT2D eigenvalue weighted by Crippen LogP contribution is 2.16. The average molecular weight is 273 g/mol. The molecule has 104 valence electrons. The number of aliphatic hydroxyl groups excluding tert-OH is 1. The van der Waals surface area contributed by atoms with E-state index in [1.54, 1.807) is 0 Å². The van der Waals surface area contributed by atoms with Gasteiger partial charge in [-0.1, -0.05) is 6.07 Å². The summed E-state index contributed by atoms with van der Waals surface area (Å²) in [5, 5.41) is 11.3. The largest absolute Gasteiger partial charge is 0.467 e. The van der Waals surface area contributed by atoms with Gasteiger partial charge in [0.2, 0.25) is 0 Å². The zero-order valence-corrected chi connectivity index (χ0v) is 10.4. The summed E-state index contributed by atoms with van der Waals surface area (Å²) in [4.78, 5) is 22.5. The monoisotopic (exact) mass is 273 g/mol. The molecule has 0 spiro atoms. The van der Waals surface area contributed by atoms with Crippen LogP contribution in [0.2, 0.25) is 0 Å². The van der Waals surface area contributed by atoms with E-state index < -0.39 is 41.7 Å². The fourth-order valence-electron chi connectivity index (χ4n) is 1.36. The molecule has 5 nitrogen and oxygen atoms in total. The van der Waals surface area contributed by atoms with E-state index in [9.17, 15) is 23.5 Å². The minimum absolute atomic E-state index is 0.111. The number of esters is 1. The van der Waals surface area contributed by atoms with Crippen molar-refractivity contribution in [2.45, 2.75) is 13.0 Å². The van der Waals surface area contributed by atoms with E-state index in [4.69, 9.17) is 0 Å². The third-order valence-electron chi connectivity index (χ3n) is 2.44. The summed E-state index contributed by atoms with van der Waals surface area (Å²) in [5.41, 5.74) is -0.642. The molecule has 7 heteroatoms. The van der Waals surface area contributed by atoms with E-state index in [1.807, 2.05) is 0 Å². The summed E-state index contributed by atoms with van der Waals surface area (Å²) in [6.45, 7) is 0.882. The first-order valence-electron chi connectivity index (χ1n) is 5.37. The minimum Gasteiger partial charge on any atom is -0.467 e. The summed E-state index contributed by atoms with van der Waals surface area (Å²) in [6, 6.07) is 2.16. The van der Waals surface area contributed by atoms with Gasteiger partial charge < -0.3 is 15.2 Å². The first-order valence-corrected chi connectivity index (χ1v) is 5.37. The maximum Gasteiger partial charge on any atom is 0.336 e. The minimum atomic E-state index is -1.59. The number of carbonyl (C=O) groups excluding carboxylic acids is 2. The van der Waals surface area contributed by atoms with E-state index in [0.29, 0.717) is 0 Å². The van der Waals surface area contributed by atoms with Crippen LogP contribution < -0.4 is 5.32 Å². The smallest absolute Gasteiger partial charge is 0.336 e. The Morgan fingerprint density at radius 1 is 1.42 bits per heavy atom. The zero-order valence-electron chi connectivity index (χ0n) is 10.4. The number of carbonyl (C=O) groups is 2. The molecule has 1 unspecified atom stereocenters. The zero-order chi connectivity index (χ0) is 14.6. The molecule has 0 radical (unpaired) electrons. The third-order valence-corrected chi connectivity index (χ3v) is 2.44. The quantitative estimate of drug-likeness (QED) is 0.785. The van der Waals surface area contributed by atoms with Crippen LogP contribution in [0.1, 0.15) is 15.9 Å². The number of amides is 1. The van der Waals surface area contributed by atoms with Crippen LogP contribution in [0.15, 0.2) is 12.1 Å². The number of hydrogen-bond acceptors (Lipinski definition) is 4. The molecule has 1 aromatic carbocycles. The fraction of sp³-hybridized carbons (Fsp3) is 0.333. The number of rotatable bonds is 4. The van der Waals surface area contributed by atoms with Crippen LogP contribution >= 0.6 is 0 Å². The van der Waals surface area contributed by atoms with Crippen LogP contribution in [-0.2, 0) is 9.53 Å².